The summed E-state index contributed by atoms with van der Waals surface area (Å²) in [6.45, 7) is 12.2. The number of carbonyl (C=O) groups is 2. The Hall–Kier alpha value is -2.34. The van der Waals surface area contributed by atoms with Crippen molar-refractivity contribution in [3.05, 3.63) is 35.5 Å². The van der Waals surface area contributed by atoms with E-state index in [1.165, 1.54) is 22.1 Å². The molecule has 2 aliphatic rings. The van der Waals surface area contributed by atoms with Crippen molar-refractivity contribution in [2.24, 2.45) is 13.0 Å². The lowest BCUT2D eigenvalue weighted by molar-refractivity contribution is -0.134. The van der Waals surface area contributed by atoms with Crippen molar-refractivity contribution in [1.82, 2.24) is 14.4 Å². The molecule has 1 aromatic heterocycles. The number of amides is 1. The zero-order valence-corrected chi connectivity index (χ0v) is 20.8. The maximum absolute atomic E-state index is 13.0. The molecule has 0 saturated carbocycles. The van der Waals surface area contributed by atoms with E-state index in [9.17, 15) is 9.59 Å². The van der Waals surface area contributed by atoms with Gasteiger partial charge in [-0.3, -0.25) is 9.69 Å². The third-order valence-electron chi connectivity index (χ3n) is 6.27. The van der Waals surface area contributed by atoms with Gasteiger partial charge in [-0.05, 0) is 44.0 Å². The van der Waals surface area contributed by atoms with Gasteiger partial charge in [0.1, 0.15) is 14.1 Å². The Balaban J connectivity index is 0.000000547. The quantitative estimate of drug-likeness (QED) is 0.547. The van der Waals surface area contributed by atoms with Crippen LogP contribution in [0, 0.1) is 5.92 Å². The fraction of sp³-hybridized carbons (Fsp3) is 0.538. The highest BCUT2D eigenvalue weighted by Gasteiger charge is 2.36. The van der Waals surface area contributed by atoms with Gasteiger partial charge in [-0.15, -0.1) is 0 Å². The average molecular weight is 435 g/mol. The summed E-state index contributed by atoms with van der Waals surface area (Å²) in [5, 5.41) is 1.26. The first-order valence-electron chi connectivity index (χ1n) is 11.9. The molecule has 2 heterocycles. The summed E-state index contributed by atoms with van der Waals surface area (Å²) in [4.78, 5) is 26.4. The van der Waals surface area contributed by atoms with Gasteiger partial charge in [0.05, 0.1) is 5.92 Å². The van der Waals surface area contributed by atoms with Gasteiger partial charge in [0.25, 0.3) is 0 Å². The Morgan fingerprint density at radius 1 is 1.19 bits per heavy atom. The summed E-state index contributed by atoms with van der Waals surface area (Å²) in [7, 11) is 10.5. The Morgan fingerprint density at radius 2 is 1.81 bits per heavy atom. The second-order valence-electron chi connectivity index (χ2n) is 8.16. The molecule has 1 amide bonds. The van der Waals surface area contributed by atoms with E-state index >= 15 is 0 Å². The molecule has 1 aliphatic carbocycles. The van der Waals surface area contributed by atoms with Crippen molar-refractivity contribution in [3.63, 3.8) is 0 Å². The highest BCUT2D eigenvalue weighted by atomic mass is 16.2. The number of aryl methyl sites for hydroxylation is 1. The summed E-state index contributed by atoms with van der Waals surface area (Å²) in [5.74, 6) is 0.155. The minimum absolute atomic E-state index is 0.0796. The molecule has 0 bridgehead atoms. The molecule has 2 atom stereocenters. The third-order valence-corrected chi connectivity index (χ3v) is 6.27. The minimum atomic E-state index is -0.0796. The van der Waals surface area contributed by atoms with Crippen molar-refractivity contribution in [3.8, 4) is 0 Å². The highest BCUT2D eigenvalue weighted by Crippen LogP contribution is 2.41. The van der Waals surface area contributed by atoms with Crippen LogP contribution in [0.25, 0.3) is 16.5 Å². The molecule has 32 heavy (non-hydrogen) atoms. The molecule has 1 aliphatic heterocycles. The van der Waals surface area contributed by atoms with Crippen LogP contribution >= 0.6 is 0 Å². The summed E-state index contributed by atoms with van der Waals surface area (Å²) in [6, 6.07) is 4.47. The molecule has 4 rings (SSSR count). The SMILES string of the molecule is CC.CCC=O.[B]c1ccc2c3c(cn(C)c13)CC1C2=CC(C(=O)N(CC)CC)CN1C. The van der Waals surface area contributed by atoms with E-state index < -0.39 is 0 Å². The summed E-state index contributed by atoms with van der Waals surface area (Å²) >= 11 is 0. The monoisotopic (exact) mass is 435 g/mol. The molecule has 2 unspecified atom stereocenters. The van der Waals surface area contributed by atoms with Crippen LogP contribution in [0.1, 0.15) is 52.2 Å². The number of benzene rings is 1. The van der Waals surface area contributed by atoms with Crippen molar-refractivity contribution in [2.45, 2.75) is 53.5 Å². The molecule has 172 valence electrons. The molecule has 0 fully saturated rings. The number of nitrogens with zero attached hydrogens (tertiary/aromatic N) is 3. The van der Waals surface area contributed by atoms with Crippen LogP contribution in [-0.2, 0) is 23.1 Å². The number of rotatable bonds is 4. The van der Waals surface area contributed by atoms with Crippen LogP contribution in [0.5, 0.6) is 0 Å². The van der Waals surface area contributed by atoms with E-state index in [0.717, 1.165) is 43.3 Å². The summed E-state index contributed by atoms with van der Waals surface area (Å²) < 4.78 is 2.14. The van der Waals surface area contributed by atoms with E-state index in [4.69, 9.17) is 7.85 Å². The zero-order chi connectivity index (χ0) is 24.0. The molecule has 0 saturated heterocycles. The van der Waals surface area contributed by atoms with E-state index in [0.29, 0.717) is 12.5 Å². The normalized spacial score (nSPS) is 19.0. The minimum Gasteiger partial charge on any atom is -0.351 e. The molecule has 2 aromatic rings. The summed E-state index contributed by atoms with van der Waals surface area (Å²) in [6.07, 6.45) is 6.93. The smallest absolute Gasteiger partial charge is 0.230 e. The topological polar surface area (TPSA) is 45.6 Å². The zero-order valence-electron chi connectivity index (χ0n) is 20.8. The van der Waals surface area contributed by atoms with Gasteiger partial charge in [0, 0.05) is 56.2 Å². The number of hydrogen-bond acceptors (Lipinski definition) is 3. The molecule has 1 aromatic carbocycles. The standard InChI is InChI=1S/C21H26BN3O.C3H6O.C2H6/c1-5-25(6-2)21(26)14-9-16-15-7-8-17(22)20-19(15)13(11-24(20)4)10-18(16)23(3)12-14;1-2-3-4;1-2/h7-9,11,14,18H,5-6,10,12H2,1-4H3;3H,2H2,1H3;1-2H3. The predicted molar refractivity (Wildman–Crippen MR) is 136 cm³/mol. The van der Waals surface area contributed by atoms with Crippen LogP contribution < -0.4 is 5.46 Å². The fourth-order valence-electron chi connectivity index (χ4n) is 4.79. The van der Waals surface area contributed by atoms with Gasteiger partial charge in [-0.25, -0.2) is 0 Å². The van der Waals surface area contributed by atoms with Gasteiger partial charge in [-0.1, -0.05) is 44.4 Å². The Morgan fingerprint density at radius 3 is 2.38 bits per heavy atom. The number of aldehydes is 1. The number of carbonyl (C=O) groups excluding carboxylic acids is 2. The van der Waals surface area contributed by atoms with Gasteiger partial charge in [0.15, 0.2) is 0 Å². The van der Waals surface area contributed by atoms with Gasteiger partial charge < -0.3 is 14.3 Å². The molecular formula is C26H38BN3O2. The third kappa shape index (κ3) is 4.85. The molecule has 6 heteroatoms. The van der Waals surface area contributed by atoms with Crippen LogP contribution in [0.3, 0.4) is 0 Å². The van der Waals surface area contributed by atoms with E-state index in [-0.39, 0.29) is 11.8 Å². The molecular weight excluding hydrogens is 397 g/mol. The Kier molecular flexibility index (Phi) is 9.32. The van der Waals surface area contributed by atoms with E-state index in [2.05, 4.69) is 41.9 Å². The lowest BCUT2D eigenvalue weighted by Crippen LogP contribution is -2.47. The van der Waals surface area contributed by atoms with Gasteiger partial charge in [-0.2, -0.15) is 0 Å². The first-order valence-corrected chi connectivity index (χ1v) is 11.9. The molecule has 0 N–H and O–H groups in total. The predicted octanol–water partition coefficient (Wildman–Crippen LogP) is 3.33. The van der Waals surface area contributed by atoms with Crippen LogP contribution in [-0.4, -0.2) is 67.1 Å². The lowest BCUT2D eigenvalue weighted by Gasteiger charge is -2.40. The van der Waals surface area contributed by atoms with E-state index in [1.54, 1.807) is 0 Å². The van der Waals surface area contributed by atoms with Crippen LogP contribution in [0.4, 0.5) is 0 Å². The summed E-state index contributed by atoms with van der Waals surface area (Å²) in [5.41, 5.74) is 5.80. The number of fused-ring (bicyclic) bond motifs is 2. The van der Waals surface area contributed by atoms with Gasteiger partial charge in [0.2, 0.25) is 5.91 Å². The largest absolute Gasteiger partial charge is 0.351 e. The maximum atomic E-state index is 13.0. The fourth-order valence-corrected chi connectivity index (χ4v) is 4.79. The van der Waals surface area contributed by atoms with Crippen LogP contribution in [0.15, 0.2) is 24.4 Å². The van der Waals surface area contributed by atoms with Crippen molar-refractivity contribution >= 4 is 42.0 Å². The Bertz CT molecular complexity index is 975. The average Bonchev–Trinajstić information content (AvgIpc) is 3.15. The van der Waals surface area contributed by atoms with Crippen molar-refractivity contribution in [2.75, 3.05) is 26.7 Å². The first kappa shape index (κ1) is 25.9. The van der Waals surface area contributed by atoms with E-state index in [1.807, 2.05) is 45.6 Å². The maximum Gasteiger partial charge on any atom is 0.230 e. The highest BCUT2D eigenvalue weighted by molar-refractivity contribution is 6.39. The molecule has 2 radical (unpaired) electrons. The Labute approximate surface area is 194 Å². The number of likely N-dealkylation sites (N-methyl/N-ethyl adjacent to an activating group) is 1. The number of aromatic nitrogens is 1. The first-order chi connectivity index (χ1) is 15.4. The van der Waals surface area contributed by atoms with Gasteiger partial charge >= 0.3 is 0 Å². The van der Waals surface area contributed by atoms with Crippen molar-refractivity contribution < 1.29 is 9.59 Å². The second kappa shape index (κ2) is 11.5. The number of hydrogen-bond donors (Lipinski definition) is 0. The van der Waals surface area contributed by atoms with Crippen molar-refractivity contribution in [1.29, 1.82) is 0 Å². The van der Waals surface area contributed by atoms with Crippen LogP contribution in [0.2, 0.25) is 0 Å². The molecule has 0 spiro atoms. The molecule has 5 nitrogen and oxygen atoms in total. The lowest BCUT2D eigenvalue weighted by atomic mass is 9.78. The second-order valence-corrected chi connectivity index (χ2v) is 8.16.